The van der Waals surface area contributed by atoms with Crippen LogP contribution in [0.1, 0.15) is 25.8 Å². The smallest absolute Gasteiger partial charge is 0.0584 e. The monoisotopic (exact) mass is 213 g/mol. The minimum absolute atomic E-state index is 0.227. The highest BCUT2D eigenvalue weighted by molar-refractivity contribution is 7.07. The van der Waals surface area contributed by atoms with E-state index in [4.69, 9.17) is 5.11 Å². The third-order valence-corrected chi connectivity index (χ3v) is 3.09. The first-order valence-corrected chi connectivity index (χ1v) is 6.08. The molecule has 1 heterocycles. The van der Waals surface area contributed by atoms with E-state index in [-0.39, 0.29) is 12.6 Å². The van der Waals surface area contributed by atoms with Crippen molar-refractivity contribution in [3.63, 3.8) is 0 Å². The molecule has 1 unspecified atom stereocenters. The van der Waals surface area contributed by atoms with Crippen LogP contribution in [0.2, 0.25) is 0 Å². The van der Waals surface area contributed by atoms with Crippen LogP contribution in [-0.4, -0.2) is 23.8 Å². The van der Waals surface area contributed by atoms with Crippen molar-refractivity contribution in [3.8, 4) is 0 Å². The lowest BCUT2D eigenvalue weighted by molar-refractivity contribution is 0.229. The summed E-state index contributed by atoms with van der Waals surface area (Å²) in [5, 5.41) is 16.7. The van der Waals surface area contributed by atoms with Gasteiger partial charge in [-0.15, -0.1) is 0 Å². The molecule has 0 saturated heterocycles. The van der Waals surface area contributed by atoms with Gasteiger partial charge in [0.05, 0.1) is 6.61 Å². The molecule has 1 aromatic heterocycles. The van der Waals surface area contributed by atoms with Gasteiger partial charge in [0.25, 0.3) is 0 Å². The number of nitrogens with one attached hydrogen (secondary N) is 1. The third-order valence-electron chi connectivity index (χ3n) is 2.36. The maximum absolute atomic E-state index is 9.04. The van der Waals surface area contributed by atoms with Gasteiger partial charge in [-0.1, -0.05) is 6.92 Å². The van der Waals surface area contributed by atoms with Crippen molar-refractivity contribution < 1.29 is 5.11 Å². The van der Waals surface area contributed by atoms with Crippen molar-refractivity contribution in [2.24, 2.45) is 0 Å². The van der Waals surface area contributed by atoms with Crippen molar-refractivity contribution >= 4 is 11.3 Å². The van der Waals surface area contributed by atoms with Gasteiger partial charge >= 0.3 is 0 Å². The summed E-state index contributed by atoms with van der Waals surface area (Å²) in [6.45, 7) is 4.48. The summed E-state index contributed by atoms with van der Waals surface area (Å²) < 4.78 is 0. The maximum Gasteiger partial charge on any atom is 0.0584 e. The Morgan fingerprint density at radius 1 is 1.57 bits per heavy atom. The summed E-state index contributed by atoms with van der Waals surface area (Å²) in [6, 6.07) is 2.83. The number of rotatable bonds is 6. The number of aliphatic hydroxyl groups is 1. The zero-order chi connectivity index (χ0) is 10.4. The molecule has 0 fully saturated rings. The largest absolute Gasteiger partial charge is 0.395 e. The molecule has 0 aliphatic carbocycles. The Hall–Kier alpha value is -0.380. The van der Waals surface area contributed by atoms with E-state index in [0.29, 0.717) is 6.04 Å². The first-order valence-electron chi connectivity index (χ1n) is 5.14. The molecule has 0 saturated carbocycles. The molecule has 0 aliphatic rings. The third kappa shape index (κ3) is 3.78. The lowest BCUT2D eigenvalue weighted by Crippen LogP contribution is -2.39. The van der Waals surface area contributed by atoms with Crippen molar-refractivity contribution in [2.45, 2.75) is 38.8 Å². The zero-order valence-electron chi connectivity index (χ0n) is 8.86. The Kier molecular flexibility index (Phi) is 5.15. The molecular formula is C11H19NOS. The first kappa shape index (κ1) is 11.7. The maximum atomic E-state index is 9.04. The van der Waals surface area contributed by atoms with Crippen LogP contribution in [0, 0.1) is 0 Å². The molecule has 80 valence electrons. The van der Waals surface area contributed by atoms with Crippen molar-refractivity contribution in [1.82, 2.24) is 5.32 Å². The van der Waals surface area contributed by atoms with Crippen molar-refractivity contribution in [3.05, 3.63) is 22.4 Å². The zero-order valence-corrected chi connectivity index (χ0v) is 9.68. The van der Waals surface area contributed by atoms with E-state index in [2.05, 4.69) is 36.0 Å². The van der Waals surface area contributed by atoms with Crippen LogP contribution >= 0.6 is 11.3 Å². The van der Waals surface area contributed by atoms with Crippen molar-refractivity contribution in [2.75, 3.05) is 6.61 Å². The summed E-state index contributed by atoms with van der Waals surface area (Å²) in [7, 11) is 0. The number of thiophene rings is 1. The van der Waals surface area contributed by atoms with Gasteiger partial charge < -0.3 is 10.4 Å². The molecule has 0 spiro atoms. The average molecular weight is 213 g/mol. The van der Waals surface area contributed by atoms with E-state index in [1.54, 1.807) is 11.3 Å². The van der Waals surface area contributed by atoms with Gasteiger partial charge in [0.1, 0.15) is 0 Å². The quantitative estimate of drug-likeness (QED) is 0.758. The summed E-state index contributed by atoms with van der Waals surface area (Å²) in [4.78, 5) is 0. The van der Waals surface area contributed by atoms with Crippen LogP contribution in [0.4, 0.5) is 0 Å². The van der Waals surface area contributed by atoms with E-state index in [1.807, 2.05) is 0 Å². The Morgan fingerprint density at radius 3 is 2.86 bits per heavy atom. The summed E-state index contributed by atoms with van der Waals surface area (Å²) in [5.74, 6) is 0. The van der Waals surface area contributed by atoms with Gasteiger partial charge in [0, 0.05) is 12.1 Å². The Bertz CT molecular complexity index is 231. The van der Waals surface area contributed by atoms with Crippen LogP contribution in [-0.2, 0) is 6.42 Å². The number of aliphatic hydroxyl groups excluding tert-OH is 1. The second kappa shape index (κ2) is 6.17. The molecule has 1 rings (SSSR count). The Balaban J connectivity index is 2.31. The van der Waals surface area contributed by atoms with Crippen LogP contribution in [0.3, 0.4) is 0 Å². The normalized spacial score (nSPS) is 15.4. The minimum Gasteiger partial charge on any atom is -0.395 e. The van der Waals surface area contributed by atoms with Crippen LogP contribution in [0.25, 0.3) is 0 Å². The topological polar surface area (TPSA) is 32.3 Å². The predicted octanol–water partition coefficient (Wildman–Crippen LogP) is 2.04. The fourth-order valence-corrected chi connectivity index (χ4v) is 2.20. The predicted molar refractivity (Wildman–Crippen MR) is 61.8 cm³/mol. The van der Waals surface area contributed by atoms with Gasteiger partial charge in [-0.3, -0.25) is 0 Å². The molecule has 2 nitrogen and oxygen atoms in total. The highest BCUT2D eigenvalue weighted by atomic mass is 32.1. The molecule has 0 radical (unpaired) electrons. The SMILES string of the molecule is CC[C@H](CO)NC(C)Cc1ccsc1. The van der Waals surface area contributed by atoms with Gasteiger partial charge in [-0.25, -0.2) is 0 Å². The lowest BCUT2D eigenvalue weighted by atomic mass is 10.1. The number of hydrogen-bond acceptors (Lipinski definition) is 3. The van der Waals surface area contributed by atoms with E-state index in [1.165, 1.54) is 5.56 Å². The molecular weight excluding hydrogens is 194 g/mol. The average Bonchev–Trinajstić information content (AvgIpc) is 2.66. The summed E-state index contributed by atoms with van der Waals surface area (Å²) in [5.41, 5.74) is 1.38. The molecule has 0 aliphatic heterocycles. The Morgan fingerprint density at radius 2 is 2.36 bits per heavy atom. The fourth-order valence-electron chi connectivity index (χ4n) is 1.52. The van der Waals surface area contributed by atoms with Crippen LogP contribution in [0.5, 0.6) is 0 Å². The molecule has 2 atom stereocenters. The molecule has 2 N–H and O–H groups in total. The molecule has 1 aromatic rings. The molecule has 0 amide bonds. The van der Waals surface area contributed by atoms with Crippen molar-refractivity contribution in [1.29, 1.82) is 0 Å². The summed E-state index contributed by atoms with van der Waals surface area (Å²) in [6.07, 6.45) is 2.02. The molecule has 3 heteroatoms. The fraction of sp³-hybridized carbons (Fsp3) is 0.636. The molecule has 0 aromatic carbocycles. The van der Waals surface area contributed by atoms with E-state index < -0.39 is 0 Å². The minimum atomic E-state index is 0.227. The molecule has 0 bridgehead atoms. The highest BCUT2D eigenvalue weighted by Gasteiger charge is 2.09. The van der Waals surface area contributed by atoms with E-state index in [0.717, 1.165) is 12.8 Å². The second-order valence-electron chi connectivity index (χ2n) is 3.69. The van der Waals surface area contributed by atoms with E-state index in [9.17, 15) is 0 Å². The number of hydrogen-bond donors (Lipinski definition) is 2. The van der Waals surface area contributed by atoms with Crippen LogP contribution in [0.15, 0.2) is 16.8 Å². The first-order chi connectivity index (χ1) is 6.76. The van der Waals surface area contributed by atoms with Gasteiger partial charge in [-0.05, 0) is 42.2 Å². The standard InChI is InChI=1S/C11H19NOS/c1-3-11(7-13)12-9(2)6-10-4-5-14-8-10/h4-5,8-9,11-13H,3,6-7H2,1-2H3/t9?,11-/m1/s1. The Labute approximate surface area is 90.0 Å². The lowest BCUT2D eigenvalue weighted by Gasteiger charge is -2.19. The molecule has 14 heavy (non-hydrogen) atoms. The summed E-state index contributed by atoms with van der Waals surface area (Å²) >= 11 is 1.73. The van der Waals surface area contributed by atoms with E-state index >= 15 is 0 Å². The van der Waals surface area contributed by atoms with Gasteiger partial charge in [0.2, 0.25) is 0 Å². The highest BCUT2D eigenvalue weighted by Crippen LogP contribution is 2.09. The van der Waals surface area contributed by atoms with Gasteiger partial charge in [-0.2, -0.15) is 11.3 Å². The van der Waals surface area contributed by atoms with Crippen LogP contribution < -0.4 is 5.32 Å². The second-order valence-corrected chi connectivity index (χ2v) is 4.47. The van der Waals surface area contributed by atoms with Gasteiger partial charge in [0.15, 0.2) is 0 Å².